The van der Waals surface area contributed by atoms with E-state index in [9.17, 15) is 0 Å². The van der Waals surface area contributed by atoms with Gasteiger partial charge in [0.05, 0.1) is 13.2 Å². The quantitative estimate of drug-likeness (QED) is 0.804. The lowest BCUT2D eigenvalue weighted by molar-refractivity contribution is 0.0380. The summed E-state index contributed by atoms with van der Waals surface area (Å²) in [5, 5.41) is 8.73. The van der Waals surface area contributed by atoms with Crippen LogP contribution in [-0.4, -0.2) is 52.5 Å². The average molecular weight is 250 g/mol. The van der Waals surface area contributed by atoms with Gasteiger partial charge in [0.25, 0.3) is 0 Å². The van der Waals surface area contributed by atoms with Crippen molar-refractivity contribution >= 4 is 0 Å². The molecular formula is C13H22N4O. The Labute approximate surface area is 108 Å². The van der Waals surface area contributed by atoms with Crippen LogP contribution < -0.4 is 0 Å². The molecule has 1 aromatic rings. The third-order valence-corrected chi connectivity index (χ3v) is 4.06. The molecule has 0 N–H and O–H groups in total. The van der Waals surface area contributed by atoms with Gasteiger partial charge in [-0.1, -0.05) is 0 Å². The number of morpholine rings is 1. The molecule has 18 heavy (non-hydrogen) atoms. The highest BCUT2D eigenvalue weighted by Crippen LogP contribution is 2.24. The number of fused-ring (bicyclic) bond motifs is 1. The van der Waals surface area contributed by atoms with Crippen LogP contribution >= 0.6 is 0 Å². The third-order valence-electron chi connectivity index (χ3n) is 4.06. The number of aromatic nitrogens is 3. The van der Waals surface area contributed by atoms with Gasteiger partial charge < -0.3 is 9.30 Å². The first-order chi connectivity index (χ1) is 8.84. The normalized spacial score (nSPS) is 25.1. The zero-order valence-corrected chi connectivity index (χ0v) is 11.1. The second-order valence-corrected chi connectivity index (χ2v) is 5.35. The van der Waals surface area contributed by atoms with E-state index in [2.05, 4.69) is 26.6 Å². The zero-order chi connectivity index (χ0) is 12.4. The SMILES string of the molecule is CC1CCCc2nnc(CCN3CCOCC3)n21. The van der Waals surface area contributed by atoms with Crippen LogP contribution in [0, 0.1) is 0 Å². The number of hydrogen-bond acceptors (Lipinski definition) is 4. The summed E-state index contributed by atoms with van der Waals surface area (Å²) in [5.74, 6) is 2.36. The summed E-state index contributed by atoms with van der Waals surface area (Å²) in [6.45, 7) is 7.20. The molecule has 3 rings (SSSR count). The van der Waals surface area contributed by atoms with Crippen molar-refractivity contribution in [2.24, 2.45) is 0 Å². The minimum Gasteiger partial charge on any atom is -0.379 e. The molecule has 5 nitrogen and oxygen atoms in total. The lowest BCUT2D eigenvalue weighted by Crippen LogP contribution is -2.37. The summed E-state index contributed by atoms with van der Waals surface area (Å²) in [4.78, 5) is 2.46. The van der Waals surface area contributed by atoms with E-state index in [0.29, 0.717) is 6.04 Å². The van der Waals surface area contributed by atoms with Gasteiger partial charge in [0.2, 0.25) is 0 Å². The van der Waals surface area contributed by atoms with Crippen molar-refractivity contribution in [1.29, 1.82) is 0 Å². The molecule has 1 atom stereocenters. The van der Waals surface area contributed by atoms with Crippen molar-refractivity contribution in [3.05, 3.63) is 11.6 Å². The summed E-state index contributed by atoms with van der Waals surface area (Å²) >= 11 is 0. The maximum Gasteiger partial charge on any atom is 0.134 e. The lowest BCUT2D eigenvalue weighted by atomic mass is 10.1. The predicted octanol–water partition coefficient (Wildman–Crippen LogP) is 1.05. The first-order valence-electron chi connectivity index (χ1n) is 7.07. The molecule has 1 saturated heterocycles. The Balaban J connectivity index is 1.64. The zero-order valence-electron chi connectivity index (χ0n) is 11.1. The largest absolute Gasteiger partial charge is 0.379 e. The van der Waals surface area contributed by atoms with E-state index in [1.54, 1.807) is 0 Å². The van der Waals surface area contributed by atoms with Gasteiger partial charge in [-0.15, -0.1) is 10.2 Å². The van der Waals surface area contributed by atoms with Crippen molar-refractivity contribution < 1.29 is 4.74 Å². The molecule has 0 aliphatic carbocycles. The van der Waals surface area contributed by atoms with Gasteiger partial charge in [-0.05, 0) is 19.8 Å². The average Bonchev–Trinajstić information content (AvgIpc) is 2.82. The molecule has 1 aromatic heterocycles. The Kier molecular flexibility index (Phi) is 3.61. The number of ether oxygens (including phenoxy) is 1. The van der Waals surface area contributed by atoms with Crippen LogP contribution in [0.2, 0.25) is 0 Å². The standard InChI is InChI=1S/C13H22N4O/c1-11-3-2-4-12-14-15-13(17(11)12)5-6-16-7-9-18-10-8-16/h11H,2-10H2,1H3. The highest BCUT2D eigenvalue weighted by atomic mass is 16.5. The Morgan fingerprint density at radius 1 is 1.28 bits per heavy atom. The number of rotatable bonds is 3. The molecule has 0 amide bonds. The molecule has 0 spiro atoms. The van der Waals surface area contributed by atoms with Crippen LogP contribution in [0.15, 0.2) is 0 Å². The van der Waals surface area contributed by atoms with Gasteiger partial charge in [-0.25, -0.2) is 0 Å². The number of aryl methyl sites for hydroxylation is 1. The molecular weight excluding hydrogens is 228 g/mol. The molecule has 0 radical (unpaired) electrons. The maximum atomic E-state index is 5.37. The van der Waals surface area contributed by atoms with Crippen molar-refractivity contribution in [3.63, 3.8) is 0 Å². The van der Waals surface area contributed by atoms with E-state index in [-0.39, 0.29) is 0 Å². The summed E-state index contributed by atoms with van der Waals surface area (Å²) < 4.78 is 7.73. The second kappa shape index (κ2) is 5.36. The van der Waals surface area contributed by atoms with E-state index in [1.165, 1.54) is 24.5 Å². The predicted molar refractivity (Wildman–Crippen MR) is 68.6 cm³/mol. The Hall–Kier alpha value is -0.940. The second-order valence-electron chi connectivity index (χ2n) is 5.35. The van der Waals surface area contributed by atoms with Crippen molar-refractivity contribution in [2.45, 2.75) is 38.6 Å². The van der Waals surface area contributed by atoms with Crippen LogP contribution in [0.1, 0.15) is 37.5 Å². The summed E-state index contributed by atoms with van der Waals surface area (Å²) in [6, 6.07) is 0.573. The highest BCUT2D eigenvalue weighted by molar-refractivity contribution is 5.02. The van der Waals surface area contributed by atoms with Crippen molar-refractivity contribution in [3.8, 4) is 0 Å². The molecule has 0 aromatic carbocycles. The number of nitrogens with zero attached hydrogens (tertiary/aromatic N) is 4. The van der Waals surface area contributed by atoms with Crippen LogP contribution in [0.5, 0.6) is 0 Å². The molecule has 3 heterocycles. The van der Waals surface area contributed by atoms with E-state index >= 15 is 0 Å². The van der Waals surface area contributed by atoms with Crippen molar-refractivity contribution in [1.82, 2.24) is 19.7 Å². The maximum absolute atomic E-state index is 5.37. The molecule has 1 fully saturated rings. The van der Waals surface area contributed by atoms with E-state index < -0.39 is 0 Å². The van der Waals surface area contributed by atoms with E-state index in [1.807, 2.05) is 0 Å². The molecule has 2 aliphatic rings. The Bertz CT molecular complexity index is 398. The molecule has 1 unspecified atom stereocenters. The van der Waals surface area contributed by atoms with Gasteiger partial charge in [0.1, 0.15) is 11.6 Å². The van der Waals surface area contributed by atoms with Crippen LogP contribution in [0.4, 0.5) is 0 Å². The van der Waals surface area contributed by atoms with Crippen LogP contribution in [0.25, 0.3) is 0 Å². The van der Waals surface area contributed by atoms with E-state index in [4.69, 9.17) is 4.74 Å². The lowest BCUT2D eigenvalue weighted by Gasteiger charge is -2.27. The van der Waals surface area contributed by atoms with Gasteiger partial charge >= 0.3 is 0 Å². The molecule has 5 heteroatoms. The monoisotopic (exact) mass is 250 g/mol. The van der Waals surface area contributed by atoms with Gasteiger partial charge in [-0.2, -0.15) is 0 Å². The molecule has 2 aliphatic heterocycles. The van der Waals surface area contributed by atoms with Crippen LogP contribution in [0.3, 0.4) is 0 Å². The van der Waals surface area contributed by atoms with Gasteiger partial charge in [0, 0.05) is 38.5 Å². The smallest absolute Gasteiger partial charge is 0.134 e. The van der Waals surface area contributed by atoms with Gasteiger partial charge in [-0.3, -0.25) is 4.90 Å². The molecule has 0 bridgehead atoms. The highest BCUT2D eigenvalue weighted by Gasteiger charge is 2.21. The van der Waals surface area contributed by atoms with E-state index in [0.717, 1.165) is 45.7 Å². The minimum absolute atomic E-state index is 0.573. The fourth-order valence-electron chi connectivity index (χ4n) is 2.98. The number of hydrogen-bond donors (Lipinski definition) is 0. The van der Waals surface area contributed by atoms with Crippen molar-refractivity contribution in [2.75, 3.05) is 32.8 Å². The Morgan fingerprint density at radius 2 is 2.11 bits per heavy atom. The first-order valence-corrected chi connectivity index (χ1v) is 7.07. The molecule has 100 valence electrons. The Morgan fingerprint density at radius 3 is 2.94 bits per heavy atom. The fourth-order valence-corrected chi connectivity index (χ4v) is 2.98. The summed E-state index contributed by atoms with van der Waals surface area (Å²) in [7, 11) is 0. The third kappa shape index (κ3) is 2.42. The fraction of sp³-hybridized carbons (Fsp3) is 0.846. The minimum atomic E-state index is 0.573. The summed E-state index contributed by atoms with van der Waals surface area (Å²) in [6.07, 6.45) is 4.62. The van der Waals surface area contributed by atoms with Crippen LogP contribution in [-0.2, 0) is 17.6 Å². The summed E-state index contributed by atoms with van der Waals surface area (Å²) in [5.41, 5.74) is 0. The van der Waals surface area contributed by atoms with Gasteiger partial charge in [0.15, 0.2) is 0 Å². The molecule has 0 saturated carbocycles. The topological polar surface area (TPSA) is 43.2 Å². The first kappa shape index (κ1) is 12.1.